The third kappa shape index (κ3) is 10.9. The fourth-order valence-electron chi connectivity index (χ4n) is 7.41. The second-order valence-electron chi connectivity index (χ2n) is 13.6. The zero-order chi connectivity index (χ0) is 38.3. The highest BCUT2D eigenvalue weighted by Crippen LogP contribution is 2.37. The molecule has 12 nitrogen and oxygen atoms in total. The molecule has 0 spiro atoms. The highest BCUT2D eigenvalue weighted by Gasteiger charge is 2.31. The van der Waals surface area contributed by atoms with Crippen LogP contribution in [0.1, 0.15) is 41.1 Å². The molecule has 0 aromatic heterocycles. The molecule has 1 saturated heterocycles. The molecule has 0 N–H and O–H groups in total. The largest absolute Gasteiger partial charge is 0.497 e. The third-order valence-corrected chi connectivity index (χ3v) is 10.3. The number of fused-ring (bicyclic) bond motifs is 1. The second-order valence-corrected chi connectivity index (χ2v) is 13.6. The zero-order valence-electron chi connectivity index (χ0n) is 32.3. The molecule has 5 rings (SSSR count). The number of carbonyl (C=O) groups is 2. The van der Waals surface area contributed by atoms with Gasteiger partial charge >= 0.3 is 11.9 Å². The van der Waals surface area contributed by atoms with E-state index >= 15 is 0 Å². The number of methoxy groups -OCH3 is 5. The highest BCUT2D eigenvalue weighted by molar-refractivity contribution is 5.91. The minimum Gasteiger partial charge on any atom is -0.497 e. The smallest absolute Gasteiger partial charge is 0.331 e. The maximum atomic E-state index is 12.5. The molecule has 3 aromatic rings. The topological polar surface area (TPSA) is 111 Å². The van der Waals surface area contributed by atoms with Gasteiger partial charge in [0.2, 0.25) is 0 Å². The lowest BCUT2D eigenvalue weighted by atomic mass is 9.88. The van der Waals surface area contributed by atoms with Crippen molar-refractivity contribution >= 4 is 11.9 Å². The number of esters is 2. The molecule has 1 fully saturated rings. The summed E-state index contributed by atoms with van der Waals surface area (Å²) < 4.78 is 44.8. The van der Waals surface area contributed by atoms with Crippen LogP contribution in [0.5, 0.6) is 28.7 Å². The summed E-state index contributed by atoms with van der Waals surface area (Å²) in [7, 11) is 8.22. The molecular weight excluding hydrogens is 692 g/mol. The number of quaternary nitrogens is 1. The molecule has 12 heteroatoms. The van der Waals surface area contributed by atoms with Gasteiger partial charge in [-0.3, -0.25) is 4.90 Å². The molecule has 0 bridgehead atoms. The minimum absolute atomic E-state index is 0.120. The number of hydrogen-bond acceptors (Lipinski definition) is 11. The predicted molar refractivity (Wildman–Crippen MR) is 203 cm³/mol. The number of ether oxygens (including phenoxy) is 8. The third-order valence-electron chi connectivity index (χ3n) is 10.3. The van der Waals surface area contributed by atoms with Crippen LogP contribution in [-0.2, 0) is 43.2 Å². The molecule has 0 saturated carbocycles. The fraction of sp³-hybridized carbons (Fsp3) is 0.476. The number of rotatable bonds is 19. The molecule has 54 heavy (non-hydrogen) atoms. The van der Waals surface area contributed by atoms with Crippen LogP contribution in [0.25, 0.3) is 0 Å². The van der Waals surface area contributed by atoms with Gasteiger partial charge in [-0.05, 0) is 78.4 Å². The summed E-state index contributed by atoms with van der Waals surface area (Å²) in [6.45, 7) is 6.81. The van der Waals surface area contributed by atoms with Gasteiger partial charge in [0.15, 0.2) is 23.0 Å². The maximum Gasteiger partial charge on any atom is 0.331 e. The van der Waals surface area contributed by atoms with E-state index in [9.17, 15) is 9.59 Å². The highest BCUT2D eigenvalue weighted by atomic mass is 16.5. The number of hydrogen-bond donors (Lipinski definition) is 0. The van der Waals surface area contributed by atoms with Crippen molar-refractivity contribution < 1.29 is 52.0 Å². The Labute approximate surface area is 319 Å². The van der Waals surface area contributed by atoms with E-state index < -0.39 is 11.9 Å². The summed E-state index contributed by atoms with van der Waals surface area (Å²) in [6.07, 6.45) is 5.27. The minimum atomic E-state index is -0.572. The standard InChI is InChI=1S/C42H55N2O10/c1-47-34-10-11-35-33(29-34)16-18-43(36(35)26-31-8-12-37(48-2)39(27-31)50-4)17-6-22-53-41(45)14-15-42(46)54-23-7-19-44(20-24-52-25-21-44)30-32-9-13-38(49-3)40(28-32)51-5/h8-15,27-29,36H,6-7,16-26,30H2,1-5H3/q+1. The Bertz CT molecular complexity index is 1720. The Morgan fingerprint density at radius 2 is 1.35 bits per heavy atom. The van der Waals surface area contributed by atoms with Crippen molar-refractivity contribution in [2.75, 3.05) is 94.7 Å². The lowest BCUT2D eigenvalue weighted by Crippen LogP contribution is -2.55. The van der Waals surface area contributed by atoms with E-state index in [0.29, 0.717) is 49.1 Å². The molecule has 0 aliphatic carbocycles. The van der Waals surface area contributed by atoms with Gasteiger partial charge in [-0.25, -0.2) is 9.59 Å². The quantitative estimate of drug-likeness (QED) is 0.0686. The Balaban J connectivity index is 1.07. The van der Waals surface area contributed by atoms with Crippen molar-refractivity contribution in [2.45, 2.75) is 38.3 Å². The zero-order valence-corrected chi connectivity index (χ0v) is 32.3. The molecular formula is C42H55N2O10+. The summed E-state index contributed by atoms with van der Waals surface area (Å²) >= 11 is 0. The summed E-state index contributed by atoms with van der Waals surface area (Å²) in [5, 5.41) is 0. The Kier molecular flexibility index (Phi) is 15.0. The summed E-state index contributed by atoms with van der Waals surface area (Å²) in [5.41, 5.74) is 4.81. The van der Waals surface area contributed by atoms with Crippen molar-refractivity contribution in [3.63, 3.8) is 0 Å². The lowest BCUT2D eigenvalue weighted by Gasteiger charge is -2.41. The van der Waals surface area contributed by atoms with Crippen molar-refractivity contribution in [3.05, 3.63) is 89.0 Å². The van der Waals surface area contributed by atoms with Gasteiger partial charge in [0.05, 0.1) is 68.5 Å². The van der Waals surface area contributed by atoms with Gasteiger partial charge in [0.25, 0.3) is 0 Å². The van der Waals surface area contributed by atoms with Crippen LogP contribution in [-0.4, -0.2) is 116 Å². The first-order valence-corrected chi connectivity index (χ1v) is 18.6. The molecule has 1 unspecified atom stereocenters. The van der Waals surface area contributed by atoms with Gasteiger partial charge in [0.1, 0.15) is 25.4 Å². The van der Waals surface area contributed by atoms with E-state index in [0.717, 1.165) is 85.6 Å². The first kappa shape index (κ1) is 40.4. The van der Waals surface area contributed by atoms with E-state index in [-0.39, 0.29) is 19.3 Å². The van der Waals surface area contributed by atoms with Crippen LogP contribution < -0.4 is 23.7 Å². The molecule has 0 amide bonds. The van der Waals surface area contributed by atoms with Gasteiger partial charge in [-0.1, -0.05) is 12.1 Å². The molecule has 292 valence electrons. The van der Waals surface area contributed by atoms with E-state index in [1.807, 2.05) is 30.3 Å². The van der Waals surface area contributed by atoms with Crippen LogP contribution in [0.2, 0.25) is 0 Å². The number of benzene rings is 3. The van der Waals surface area contributed by atoms with E-state index in [4.69, 9.17) is 37.9 Å². The second kappa shape index (κ2) is 20.1. The summed E-state index contributed by atoms with van der Waals surface area (Å²) in [5.74, 6) is 2.49. The van der Waals surface area contributed by atoms with Crippen LogP contribution >= 0.6 is 0 Å². The average molecular weight is 748 g/mol. The van der Waals surface area contributed by atoms with E-state index in [1.54, 1.807) is 35.5 Å². The number of morpholine rings is 1. The molecule has 2 aliphatic heterocycles. The normalized spacial score (nSPS) is 16.6. The molecule has 3 aromatic carbocycles. The van der Waals surface area contributed by atoms with Crippen LogP contribution in [0, 0.1) is 0 Å². The van der Waals surface area contributed by atoms with Gasteiger partial charge in [-0.2, -0.15) is 0 Å². The molecule has 2 heterocycles. The first-order valence-electron chi connectivity index (χ1n) is 18.6. The number of nitrogens with zero attached hydrogens (tertiary/aromatic N) is 2. The monoisotopic (exact) mass is 747 g/mol. The van der Waals surface area contributed by atoms with Crippen LogP contribution in [0.15, 0.2) is 66.7 Å². The van der Waals surface area contributed by atoms with E-state index in [2.05, 4.69) is 29.2 Å². The van der Waals surface area contributed by atoms with Gasteiger partial charge in [0, 0.05) is 43.3 Å². The van der Waals surface area contributed by atoms with Gasteiger partial charge in [-0.15, -0.1) is 0 Å². The SMILES string of the molecule is COc1ccc2c(c1)CCN(CCCOC(=O)C=CC(=O)OCCC[N+]1(Cc3ccc(OC)c(OC)c3)CCOCC1)C2Cc1ccc(OC)c(OC)c1. The number of carbonyl (C=O) groups excluding carboxylic acids is 2. The molecule has 0 radical (unpaired) electrons. The lowest BCUT2D eigenvalue weighted by molar-refractivity contribution is -0.947. The van der Waals surface area contributed by atoms with Crippen molar-refractivity contribution in [2.24, 2.45) is 0 Å². The molecule has 2 aliphatic rings. The van der Waals surface area contributed by atoms with Crippen LogP contribution in [0.4, 0.5) is 0 Å². The average Bonchev–Trinajstić information content (AvgIpc) is 3.20. The van der Waals surface area contributed by atoms with Crippen LogP contribution in [0.3, 0.4) is 0 Å². The summed E-state index contributed by atoms with van der Waals surface area (Å²) in [4.78, 5) is 27.4. The van der Waals surface area contributed by atoms with Crippen molar-refractivity contribution in [1.82, 2.24) is 4.90 Å². The Hall–Kier alpha value is -4.78. The Morgan fingerprint density at radius 3 is 1.98 bits per heavy atom. The predicted octanol–water partition coefficient (Wildman–Crippen LogP) is 5.34. The Morgan fingerprint density at radius 1 is 0.741 bits per heavy atom. The van der Waals surface area contributed by atoms with Gasteiger partial charge < -0.3 is 42.4 Å². The first-order chi connectivity index (χ1) is 26.3. The van der Waals surface area contributed by atoms with E-state index in [1.165, 1.54) is 11.1 Å². The maximum absolute atomic E-state index is 12.5. The fourth-order valence-corrected chi connectivity index (χ4v) is 7.41. The molecule has 1 atom stereocenters. The summed E-state index contributed by atoms with van der Waals surface area (Å²) in [6, 6.07) is 18.4. The van der Waals surface area contributed by atoms with Crippen molar-refractivity contribution in [3.8, 4) is 28.7 Å². The van der Waals surface area contributed by atoms with Crippen molar-refractivity contribution in [1.29, 1.82) is 0 Å².